The van der Waals surface area contributed by atoms with Crippen LogP contribution in [0.1, 0.15) is 12.2 Å². The number of imidazole rings is 1. The van der Waals surface area contributed by atoms with Crippen molar-refractivity contribution < 1.29 is 0 Å². The van der Waals surface area contributed by atoms with Gasteiger partial charge in [0.25, 0.3) is 0 Å². The molecule has 0 spiro atoms. The Kier molecular flexibility index (Phi) is 2.25. The Bertz CT molecular complexity index is 504. The van der Waals surface area contributed by atoms with Crippen LogP contribution in [0.3, 0.4) is 0 Å². The second-order valence-electron chi connectivity index (χ2n) is 3.84. The topological polar surface area (TPSA) is 29.9 Å². The molecule has 0 amide bonds. The summed E-state index contributed by atoms with van der Waals surface area (Å²) in [7, 11) is 0. The Labute approximate surface area is 96.6 Å². The lowest BCUT2D eigenvalue weighted by molar-refractivity contribution is 0.654. The molecule has 1 aromatic heterocycles. The van der Waals surface area contributed by atoms with Crippen molar-refractivity contribution in [3.05, 3.63) is 28.5 Å². The van der Waals surface area contributed by atoms with Gasteiger partial charge in [0.2, 0.25) is 0 Å². The third kappa shape index (κ3) is 1.58. The summed E-state index contributed by atoms with van der Waals surface area (Å²) in [5.74, 6) is 1.15. The number of nitrogens with one attached hydrogen (secondary N) is 1. The van der Waals surface area contributed by atoms with Gasteiger partial charge in [-0.2, -0.15) is 0 Å². The molecule has 3 rings (SSSR count). The Morgan fingerprint density at radius 3 is 3.27 bits per heavy atom. The van der Waals surface area contributed by atoms with Crippen LogP contribution < -0.4 is 5.32 Å². The lowest BCUT2D eigenvalue weighted by Gasteiger charge is -2.02. The van der Waals surface area contributed by atoms with E-state index in [1.807, 2.05) is 0 Å². The van der Waals surface area contributed by atoms with Gasteiger partial charge in [-0.05, 0) is 31.2 Å². The lowest BCUT2D eigenvalue weighted by Crippen LogP contribution is -2.12. The molecule has 1 N–H and O–H groups in total. The van der Waals surface area contributed by atoms with Gasteiger partial charge in [-0.15, -0.1) is 0 Å². The Hall–Kier alpha value is -0.870. The van der Waals surface area contributed by atoms with Crippen LogP contribution in [0.4, 0.5) is 0 Å². The average molecular weight is 266 g/mol. The SMILES string of the molecule is Brc1ccc2c(c1)nc1n2CCCNC1. The molecule has 0 atom stereocenters. The molecule has 0 bridgehead atoms. The zero-order valence-corrected chi connectivity index (χ0v) is 9.92. The number of nitrogens with zero attached hydrogens (tertiary/aromatic N) is 2. The van der Waals surface area contributed by atoms with Gasteiger partial charge in [0, 0.05) is 11.0 Å². The summed E-state index contributed by atoms with van der Waals surface area (Å²) in [6.45, 7) is 3.04. The molecule has 0 saturated carbocycles. The van der Waals surface area contributed by atoms with Crippen LogP contribution in [-0.2, 0) is 13.1 Å². The van der Waals surface area contributed by atoms with Crippen LogP contribution in [0.15, 0.2) is 22.7 Å². The molecule has 0 radical (unpaired) electrons. The van der Waals surface area contributed by atoms with E-state index in [9.17, 15) is 0 Å². The Balaban J connectivity index is 2.23. The number of hydrogen-bond acceptors (Lipinski definition) is 2. The van der Waals surface area contributed by atoms with Crippen molar-refractivity contribution >= 4 is 27.0 Å². The number of fused-ring (bicyclic) bond motifs is 3. The standard InChI is InChI=1S/C11H12BrN3/c12-8-2-3-10-9(6-8)14-11-7-13-4-1-5-15(10)11/h2-3,6,13H,1,4-5,7H2. The Morgan fingerprint density at radius 1 is 1.40 bits per heavy atom. The van der Waals surface area contributed by atoms with Crippen molar-refractivity contribution in [2.75, 3.05) is 6.54 Å². The summed E-state index contributed by atoms with van der Waals surface area (Å²) in [5.41, 5.74) is 2.33. The van der Waals surface area contributed by atoms with Gasteiger partial charge in [-0.3, -0.25) is 0 Å². The van der Waals surface area contributed by atoms with E-state index in [2.05, 4.69) is 49.0 Å². The fourth-order valence-electron chi connectivity index (χ4n) is 2.10. The molecule has 4 heteroatoms. The molecule has 2 heterocycles. The van der Waals surface area contributed by atoms with Crippen molar-refractivity contribution in [1.29, 1.82) is 0 Å². The van der Waals surface area contributed by atoms with Gasteiger partial charge < -0.3 is 9.88 Å². The zero-order valence-electron chi connectivity index (χ0n) is 8.33. The summed E-state index contributed by atoms with van der Waals surface area (Å²) < 4.78 is 3.41. The molecule has 1 aromatic carbocycles. The predicted octanol–water partition coefficient (Wildman–Crippen LogP) is 2.29. The van der Waals surface area contributed by atoms with E-state index in [1.165, 1.54) is 11.9 Å². The first-order valence-corrected chi connectivity index (χ1v) is 5.99. The van der Waals surface area contributed by atoms with Gasteiger partial charge in [0.05, 0.1) is 17.6 Å². The largest absolute Gasteiger partial charge is 0.327 e. The van der Waals surface area contributed by atoms with Crippen LogP contribution in [0.2, 0.25) is 0 Å². The van der Waals surface area contributed by atoms with Crippen molar-refractivity contribution in [2.24, 2.45) is 0 Å². The number of rotatable bonds is 0. The quantitative estimate of drug-likeness (QED) is 0.792. The van der Waals surface area contributed by atoms with E-state index in [1.54, 1.807) is 0 Å². The van der Waals surface area contributed by atoms with Crippen molar-refractivity contribution in [2.45, 2.75) is 19.5 Å². The molecule has 3 nitrogen and oxygen atoms in total. The fraction of sp³-hybridized carbons (Fsp3) is 0.364. The maximum Gasteiger partial charge on any atom is 0.123 e. The molecule has 1 aliphatic rings. The van der Waals surface area contributed by atoms with E-state index in [-0.39, 0.29) is 0 Å². The molecule has 0 aliphatic carbocycles. The highest BCUT2D eigenvalue weighted by Gasteiger charge is 2.12. The van der Waals surface area contributed by atoms with E-state index < -0.39 is 0 Å². The van der Waals surface area contributed by atoms with Gasteiger partial charge in [0.15, 0.2) is 0 Å². The second-order valence-corrected chi connectivity index (χ2v) is 4.76. The molecular weight excluding hydrogens is 254 g/mol. The molecule has 15 heavy (non-hydrogen) atoms. The maximum absolute atomic E-state index is 4.64. The lowest BCUT2D eigenvalue weighted by atomic mass is 10.3. The normalized spacial score (nSPS) is 16.3. The molecular formula is C11H12BrN3. The van der Waals surface area contributed by atoms with Crippen LogP contribution >= 0.6 is 15.9 Å². The smallest absolute Gasteiger partial charge is 0.123 e. The van der Waals surface area contributed by atoms with E-state index in [4.69, 9.17) is 0 Å². The van der Waals surface area contributed by atoms with Crippen LogP contribution in [0.25, 0.3) is 11.0 Å². The molecule has 78 valence electrons. The molecule has 0 fully saturated rings. The highest BCUT2D eigenvalue weighted by molar-refractivity contribution is 9.10. The van der Waals surface area contributed by atoms with Gasteiger partial charge in [0.1, 0.15) is 5.82 Å². The van der Waals surface area contributed by atoms with E-state index >= 15 is 0 Å². The summed E-state index contributed by atoms with van der Waals surface area (Å²) in [6, 6.07) is 6.30. The van der Waals surface area contributed by atoms with Crippen LogP contribution in [0.5, 0.6) is 0 Å². The molecule has 2 aromatic rings. The minimum absolute atomic E-state index is 0.881. The van der Waals surface area contributed by atoms with Gasteiger partial charge in [-0.1, -0.05) is 15.9 Å². The highest BCUT2D eigenvalue weighted by Crippen LogP contribution is 2.22. The zero-order chi connectivity index (χ0) is 10.3. The molecule has 0 unspecified atom stereocenters. The number of hydrogen-bond donors (Lipinski definition) is 1. The average Bonchev–Trinajstić information content (AvgIpc) is 2.42. The maximum atomic E-state index is 4.64. The number of aryl methyl sites for hydroxylation is 1. The molecule has 0 saturated heterocycles. The Morgan fingerprint density at radius 2 is 2.33 bits per heavy atom. The minimum atomic E-state index is 0.881. The van der Waals surface area contributed by atoms with E-state index in [0.717, 1.165) is 35.4 Å². The van der Waals surface area contributed by atoms with Crippen LogP contribution in [-0.4, -0.2) is 16.1 Å². The number of benzene rings is 1. The molecule has 1 aliphatic heterocycles. The third-order valence-electron chi connectivity index (χ3n) is 2.81. The first-order chi connectivity index (χ1) is 7.34. The number of aromatic nitrogens is 2. The summed E-state index contributed by atoms with van der Waals surface area (Å²) in [6.07, 6.45) is 1.18. The summed E-state index contributed by atoms with van der Waals surface area (Å²) in [5, 5.41) is 3.38. The minimum Gasteiger partial charge on any atom is -0.327 e. The first kappa shape index (κ1) is 9.36. The summed E-state index contributed by atoms with van der Waals surface area (Å²) >= 11 is 3.48. The first-order valence-electron chi connectivity index (χ1n) is 5.20. The van der Waals surface area contributed by atoms with Crippen LogP contribution in [0, 0.1) is 0 Å². The second kappa shape index (κ2) is 3.61. The van der Waals surface area contributed by atoms with Gasteiger partial charge >= 0.3 is 0 Å². The predicted molar refractivity (Wildman–Crippen MR) is 63.8 cm³/mol. The third-order valence-corrected chi connectivity index (χ3v) is 3.30. The number of halogens is 1. The van der Waals surface area contributed by atoms with Crippen molar-refractivity contribution in [1.82, 2.24) is 14.9 Å². The summed E-state index contributed by atoms with van der Waals surface area (Å²) in [4.78, 5) is 4.64. The highest BCUT2D eigenvalue weighted by atomic mass is 79.9. The van der Waals surface area contributed by atoms with Crippen molar-refractivity contribution in [3.63, 3.8) is 0 Å². The van der Waals surface area contributed by atoms with Gasteiger partial charge in [-0.25, -0.2) is 4.98 Å². The fourth-order valence-corrected chi connectivity index (χ4v) is 2.45. The van der Waals surface area contributed by atoms with Crippen molar-refractivity contribution in [3.8, 4) is 0 Å². The monoisotopic (exact) mass is 265 g/mol. The van der Waals surface area contributed by atoms with E-state index in [0.29, 0.717) is 0 Å².